The average molecular weight is 225 g/mol. The van der Waals surface area contributed by atoms with Gasteiger partial charge in [-0.25, -0.2) is 4.98 Å². The van der Waals surface area contributed by atoms with E-state index < -0.39 is 0 Å². The first kappa shape index (κ1) is 11.1. The molecular weight excluding hydrogens is 206 g/mol. The molecule has 1 aromatic rings. The normalized spacial score (nSPS) is 20.2. The number of hydrogen-bond acceptors (Lipinski definition) is 3. The number of aryl methyl sites for hydroxylation is 2. The Hall–Kier alpha value is -0.410. The van der Waals surface area contributed by atoms with Crippen molar-refractivity contribution in [3.05, 3.63) is 16.1 Å². The summed E-state index contributed by atoms with van der Waals surface area (Å²) >= 11 is 1.74. The van der Waals surface area contributed by atoms with Crippen LogP contribution in [-0.2, 0) is 6.42 Å². The van der Waals surface area contributed by atoms with Crippen molar-refractivity contribution in [2.75, 3.05) is 6.61 Å². The van der Waals surface area contributed by atoms with Crippen LogP contribution in [0.15, 0.2) is 5.51 Å². The Balaban J connectivity index is 1.94. The summed E-state index contributed by atoms with van der Waals surface area (Å²) in [5.41, 5.74) is 3.23. The summed E-state index contributed by atoms with van der Waals surface area (Å²) in [5.74, 6) is 0.760. The lowest BCUT2D eigenvalue weighted by atomic mass is 9.81. The lowest BCUT2D eigenvalue weighted by Crippen LogP contribution is -2.24. The molecule has 1 fully saturated rings. The van der Waals surface area contributed by atoms with Crippen molar-refractivity contribution in [2.45, 2.75) is 39.5 Å². The van der Waals surface area contributed by atoms with E-state index in [0.29, 0.717) is 6.61 Å². The molecular formula is C12H19NOS. The third kappa shape index (κ3) is 2.40. The molecule has 1 saturated carbocycles. The molecule has 0 aromatic carbocycles. The largest absolute Gasteiger partial charge is 0.396 e. The highest BCUT2D eigenvalue weighted by Gasteiger charge is 2.40. The molecule has 2 rings (SSSR count). The second kappa shape index (κ2) is 4.22. The van der Waals surface area contributed by atoms with E-state index in [1.165, 1.54) is 17.7 Å². The summed E-state index contributed by atoms with van der Waals surface area (Å²) < 4.78 is 0. The van der Waals surface area contributed by atoms with E-state index in [2.05, 4.69) is 18.8 Å². The van der Waals surface area contributed by atoms with Gasteiger partial charge in [0.25, 0.3) is 0 Å². The summed E-state index contributed by atoms with van der Waals surface area (Å²) in [4.78, 5) is 5.64. The van der Waals surface area contributed by atoms with Gasteiger partial charge in [-0.2, -0.15) is 0 Å². The lowest BCUT2D eigenvalue weighted by Gasteiger charge is -2.26. The minimum atomic E-state index is 0.149. The number of aliphatic hydroxyl groups is 1. The standard InChI is InChI=1S/C12H19NOS/c1-9-11(15-8-13-9)5-6-12(2,7-14)10-3-4-10/h8,10,14H,3-7H2,1-2H3. The van der Waals surface area contributed by atoms with Gasteiger partial charge < -0.3 is 5.11 Å². The van der Waals surface area contributed by atoms with Crippen LogP contribution in [0.3, 0.4) is 0 Å². The van der Waals surface area contributed by atoms with Gasteiger partial charge in [-0.1, -0.05) is 6.92 Å². The van der Waals surface area contributed by atoms with Gasteiger partial charge in [0.05, 0.1) is 11.2 Å². The predicted molar refractivity (Wildman–Crippen MR) is 63.1 cm³/mol. The van der Waals surface area contributed by atoms with Crippen LogP contribution in [0.25, 0.3) is 0 Å². The van der Waals surface area contributed by atoms with Crippen molar-refractivity contribution in [1.82, 2.24) is 4.98 Å². The second-order valence-electron chi connectivity index (χ2n) is 4.95. The average Bonchev–Trinajstić information content (AvgIpc) is 3.01. The Morgan fingerprint density at radius 2 is 2.33 bits per heavy atom. The van der Waals surface area contributed by atoms with Gasteiger partial charge in [0.1, 0.15) is 0 Å². The van der Waals surface area contributed by atoms with Crippen molar-refractivity contribution in [1.29, 1.82) is 0 Å². The van der Waals surface area contributed by atoms with Crippen LogP contribution in [0, 0.1) is 18.3 Å². The van der Waals surface area contributed by atoms with Crippen LogP contribution in [0.1, 0.15) is 36.8 Å². The number of nitrogens with zero attached hydrogens (tertiary/aromatic N) is 1. The van der Waals surface area contributed by atoms with Gasteiger partial charge in [0.15, 0.2) is 0 Å². The van der Waals surface area contributed by atoms with Crippen molar-refractivity contribution >= 4 is 11.3 Å². The van der Waals surface area contributed by atoms with E-state index in [-0.39, 0.29) is 5.41 Å². The molecule has 84 valence electrons. The van der Waals surface area contributed by atoms with Gasteiger partial charge in [-0.3, -0.25) is 0 Å². The lowest BCUT2D eigenvalue weighted by molar-refractivity contribution is 0.110. The zero-order valence-electron chi connectivity index (χ0n) is 9.49. The number of thiazole rings is 1. The van der Waals surface area contributed by atoms with Crippen molar-refractivity contribution in [3.8, 4) is 0 Å². The molecule has 0 spiro atoms. The third-order valence-corrected chi connectivity index (χ3v) is 4.69. The van der Waals surface area contributed by atoms with Gasteiger partial charge in [0, 0.05) is 11.5 Å². The van der Waals surface area contributed by atoms with Crippen molar-refractivity contribution in [2.24, 2.45) is 11.3 Å². The Morgan fingerprint density at radius 3 is 2.80 bits per heavy atom. The summed E-state index contributed by atoms with van der Waals surface area (Å²) in [7, 11) is 0. The highest BCUT2D eigenvalue weighted by atomic mass is 32.1. The maximum Gasteiger partial charge on any atom is 0.0797 e. The molecule has 0 radical (unpaired) electrons. The maximum absolute atomic E-state index is 9.48. The number of rotatable bonds is 5. The molecule has 1 aliphatic rings. The Labute approximate surface area is 95.4 Å². The zero-order chi connectivity index (χ0) is 10.9. The number of aliphatic hydroxyl groups excluding tert-OH is 1. The molecule has 0 amide bonds. The van der Waals surface area contributed by atoms with E-state index in [1.54, 1.807) is 11.3 Å². The minimum absolute atomic E-state index is 0.149. The molecule has 1 atom stereocenters. The first-order valence-corrected chi connectivity index (χ1v) is 6.53. The van der Waals surface area contributed by atoms with E-state index in [1.807, 2.05) is 5.51 Å². The van der Waals surface area contributed by atoms with Crippen LogP contribution in [0.4, 0.5) is 0 Å². The SMILES string of the molecule is Cc1ncsc1CCC(C)(CO)C1CC1. The van der Waals surface area contributed by atoms with E-state index in [0.717, 1.165) is 24.5 Å². The summed E-state index contributed by atoms with van der Waals surface area (Å²) in [5, 5.41) is 9.48. The van der Waals surface area contributed by atoms with Gasteiger partial charge in [-0.15, -0.1) is 11.3 Å². The van der Waals surface area contributed by atoms with Gasteiger partial charge >= 0.3 is 0 Å². The topological polar surface area (TPSA) is 33.1 Å². The highest BCUT2D eigenvalue weighted by Crippen LogP contribution is 2.47. The number of hydrogen-bond donors (Lipinski definition) is 1. The smallest absolute Gasteiger partial charge is 0.0797 e. The Kier molecular flexibility index (Phi) is 3.12. The summed E-state index contributed by atoms with van der Waals surface area (Å²) in [6.07, 6.45) is 4.78. The fraction of sp³-hybridized carbons (Fsp3) is 0.750. The third-order valence-electron chi connectivity index (χ3n) is 3.69. The molecule has 1 aromatic heterocycles. The predicted octanol–water partition coefficient (Wildman–Crippen LogP) is 2.79. The molecule has 1 aliphatic carbocycles. The molecule has 0 bridgehead atoms. The Morgan fingerprint density at radius 1 is 1.60 bits per heavy atom. The summed E-state index contributed by atoms with van der Waals surface area (Å²) in [6.45, 7) is 4.62. The maximum atomic E-state index is 9.48. The molecule has 1 unspecified atom stereocenters. The van der Waals surface area contributed by atoms with Gasteiger partial charge in [-0.05, 0) is 43.9 Å². The van der Waals surface area contributed by atoms with Crippen LogP contribution in [-0.4, -0.2) is 16.7 Å². The van der Waals surface area contributed by atoms with Crippen molar-refractivity contribution < 1.29 is 5.11 Å². The number of aromatic nitrogens is 1. The molecule has 0 saturated heterocycles. The first-order valence-electron chi connectivity index (χ1n) is 5.65. The molecule has 0 aliphatic heterocycles. The fourth-order valence-electron chi connectivity index (χ4n) is 2.16. The minimum Gasteiger partial charge on any atom is -0.396 e. The van der Waals surface area contributed by atoms with Crippen LogP contribution >= 0.6 is 11.3 Å². The molecule has 15 heavy (non-hydrogen) atoms. The van der Waals surface area contributed by atoms with E-state index in [9.17, 15) is 5.11 Å². The highest BCUT2D eigenvalue weighted by molar-refractivity contribution is 7.09. The van der Waals surface area contributed by atoms with Gasteiger partial charge in [0.2, 0.25) is 0 Å². The Bertz CT molecular complexity index is 332. The molecule has 1 N–H and O–H groups in total. The molecule has 3 heteroatoms. The van der Waals surface area contributed by atoms with E-state index in [4.69, 9.17) is 0 Å². The quantitative estimate of drug-likeness (QED) is 0.836. The second-order valence-corrected chi connectivity index (χ2v) is 5.89. The van der Waals surface area contributed by atoms with Crippen LogP contribution < -0.4 is 0 Å². The van der Waals surface area contributed by atoms with E-state index >= 15 is 0 Å². The molecule has 2 nitrogen and oxygen atoms in total. The zero-order valence-corrected chi connectivity index (χ0v) is 10.3. The monoisotopic (exact) mass is 225 g/mol. The summed E-state index contributed by atoms with van der Waals surface area (Å²) in [6, 6.07) is 0. The van der Waals surface area contributed by atoms with Crippen LogP contribution in [0.2, 0.25) is 0 Å². The molecule has 1 heterocycles. The van der Waals surface area contributed by atoms with Crippen LogP contribution in [0.5, 0.6) is 0 Å². The van der Waals surface area contributed by atoms with Crippen molar-refractivity contribution in [3.63, 3.8) is 0 Å². The first-order chi connectivity index (χ1) is 7.15. The fourth-order valence-corrected chi connectivity index (χ4v) is 2.94.